The van der Waals surface area contributed by atoms with Crippen LogP contribution in [0.4, 0.5) is 5.82 Å². The first kappa shape index (κ1) is 16.7. The molecular weight excluding hydrogens is 326 g/mol. The molecule has 1 fully saturated rings. The Bertz CT molecular complexity index is 825. The van der Waals surface area contributed by atoms with Crippen molar-refractivity contribution < 1.29 is 4.52 Å². The zero-order valence-electron chi connectivity index (χ0n) is 15.0. The van der Waals surface area contributed by atoms with Crippen LogP contribution in [0.3, 0.4) is 0 Å². The van der Waals surface area contributed by atoms with Gasteiger partial charge in [-0.05, 0) is 37.6 Å². The van der Waals surface area contributed by atoms with E-state index in [0.717, 1.165) is 31.0 Å². The fourth-order valence-electron chi connectivity index (χ4n) is 3.27. The van der Waals surface area contributed by atoms with E-state index in [2.05, 4.69) is 37.1 Å². The lowest BCUT2D eigenvalue weighted by Crippen LogP contribution is -2.18. The molecule has 134 valence electrons. The van der Waals surface area contributed by atoms with E-state index in [4.69, 9.17) is 4.52 Å². The molecule has 3 heterocycles. The molecular formula is C20H23N5O. The molecule has 0 amide bonds. The predicted octanol–water partition coefficient (Wildman–Crippen LogP) is 3.36. The van der Waals surface area contributed by atoms with Gasteiger partial charge in [0.25, 0.3) is 0 Å². The van der Waals surface area contributed by atoms with E-state index in [1.165, 1.54) is 18.4 Å². The minimum Gasteiger partial charge on any atom is -0.357 e. The standard InChI is InChI=1S/C20H23N5O/c1-24(14-16-7-3-2-4-8-16)15-19-22-20(23-26-19)17-9-10-18(21-13-17)25-11-5-6-12-25/h2-4,7-10,13H,5-6,11-12,14-15H2,1H3. The molecule has 1 aliphatic rings. The summed E-state index contributed by atoms with van der Waals surface area (Å²) >= 11 is 0. The lowest BCUT2D eigenvalue weighted by Gasteiger charge is -2.15. The van der Waals surface area contributed by atoms with Gasteiger partial charge < -0.3 is 9.42 Å². The average Bonchev–Trinajstić information content (AvgIpc) is 3.35. The summed E-state index contributed by atoms with van der Waals surface area (Å²) in [7, 11) is 2.04. The highest BCUT2D eigenvalue weighted by Gasteiger charge is 2.15. The normalized spacial score (nSPS) is 14.3. The second-order valence-corrected chi connectivity index (χ2v) is 6.77. The fraction of sp³-hybridized carbons (Fsp3) is 0.350. The largest absolute Gasteiger partial charge is 0.357 e. The van der Waals surface area contributed by atoms with Crippen molar-refractivity contribution >= 4 is 5.82 Å². The maximum Gasteiger partial charge on any atom is 0.241 e. The Morgan fingerprint density at radius 3 is 2.58 bits per heavy atom. The SMILES string of the molecule is CN(Cc1ccccc1)Cc1nc(-c2ccc(N3CCCC3)nc2)no1. The number of hydrogen-bond donors (Lipinski definition) is 0. The molecule has 0 unspecified atom stereocenters. The van der Waals surface area contributed by atoms with Crippen LogP contribution >= 0.6 is 0 Å². The van der Waals surface area contributed by atoms with E-state index in [9.17, 15) is 0 Å². The minimum absolute atomic E-state index is 0.591. The summed E-state index contributed by atoms with van der Waals surface area (Å²) < 4.78 is 5.42. The third kappa shape index (κ3) is 3.91. The molecule has 0 N–H and O–H groups in total. The number of hydrogen-bond acceptors (Lipinski definition) is 6. The van der Waals surface area contributed by atoms with Gasteiger partial charge in [-0.15, -0.1) is 0 Å². The highest BCUT2D eigenvalue weighted by atomic mass is 16.5. The Hall–Kier alpha value is -2.73. The van der Waals surface area contributed by atoms with Gasteiger partial charge >= 0.3 is 0 Å². The van der Waals surface area contributed by atoms with Crippen molar-refractivity contribution in [3.05, 3.63) is 60.1 Å². The first-order valence-corrected chi connectivity index (χ1v) is 9.04. The maximum atomic E-state index is 5.42. The molecule has 3 aromatic rings. The molecule has 2 aromatic heterocycles. The fourth-order valence-corrected chi connectivity index (χ4v) is 3.27. The molecule has 26 heavy (non-hydrogen) atoms. The van der Waals surface area contributed by atoms with Crippen molar-refractivity contribution in [2.75, 3.05) is 25.0 Å². The number of anilines is 1. The highest BCUT2D eigenvalue weighted by Crippen LogP contribution is 2.21. The van der Waals surface area contributed by atoms with Gasteiger partial charge in [0.15, 0.2) is 0 Å². The van der Waals surface area contributed by atoms with Crippen molar-refractivity contribution in [2.24, 2.45) is 0 Å². The molecule has 0 atom stereocenters. The lowest BCUT2D eigenvalue weighted by atomic mass is 10.2. The maximum absolute atomic E-state index is 5.42. The van der Waals surface area contributed by atoms with Crippen LogP contribution in [0.5, 0.6) is 0 Å². The zero-order chi connectivity index (χ0) is 17.8. The third-order valence-corrected chi connectivity index (χ3v) is 4.60. The molecule has 1 aromatic carbocycles. The molecule has 0 bridgehead atoms. The van der Waals surface area contributed by atoms with E-state index < -0.39 is 0 Å². The van der Waals surface area contributed by atoms with Crippen LogP contribution in [-0.4, -0.2) is 40.2 Å². The molecule has 1 saturated heterocycles. The lowest BCUT2D eigenvalue weighted by molar-refractivity contribution is 0.261. The number of benzene rings is 1. The van der Waals surface area contributed by atoms with Gasteiger partial charge in [0.2, 0.25) is 11.7 Å². The minimum atomic E-state index is 0.591. The van der Waals surface area contributed by atoms with E-state index in [0.29, 0.717) is 18.3 Å². The Morgan fingerprint density at radius 2 is 1.85 bits per heavy atom. The van der Waals surface area contributed by atoms with Crippen LogP contribution in [0, 0.1) is 0 Å². The summed E-state index contributed by atoms with van der Waals surface area (Å²) in [6.07, 6.45) is 4.32. The number of pyridine rings is 1. The summed E-state index contributed by atoms with van der Waals surface area (Å²) in [4.78, 5) is 13.5. The quantitative estimate of drug-likeness (QED) is 0.680. The van der Waals surface area contributed by atoms with Crippen LogP contribution in [0.15, 0.2) is 53.2 Å². The number of nitrogens with zero attached hydrogens (tertiary/aromatic N) is 5. The molecule has 0 aliphatic carbocycles. The molecule has 4 rings (SSSR count). The summed E-state index contributed by atoms with van der Waals surface area (Å²) in [5, 5.41) is 4.11. The summed E-state index contributed by atoms with van der Waals surface area (Å²) in [6.45, 7) is 3.63. The predicted molar refractivity (Wildman–Crippen MR) is 101 cm³/mol. The van der Waals surface area contributed by atoms with Gasteiger partial charge in [-0.25, -0.2) is 4.98 Å². The molecule has 1 aliphatic heterocycles. The van der Waals surface area contributed by atoms with Gasteiger partial charge in [-0.2, -0.15) is 4.98 Å². The first-order valence-electron chi connectivity index (χ1n) is 9.04. The van der Waals surface area contributed by atoms with Gasteiger partial charge in [-0.3, -0.25) is 4.90 Å². The van der Waals surface area contributed by atoms with Crippen LogP contribution in [0.25, 0.3) is 11.4 Å². The topological polar surface area (TPSA) is 58.3 Å². The van der Waals surface area contributed by atoms with Crippen molar-refractivity contribution in [1.82, 2.24) is 20.0 Å². The molecule has 0 spiro atoms. The zero-order valence-corrected chi connectivity index (χ0v) is 15.0. The number of aromatic nitrogens is 3. The Labute approximate surface area is 153 Å². The van der Waals surface area contributed by atoms with E-state index >= 15 is 0 Å². The van der Waals surface area contributed by atoms with Crippen LogP contribution in [-0.2, 0) is 13.1 Å². The summed E-state index contributed by atoms with van der Waals surface area (Å²) in [5.41, 5.74) is 2.14. The van der Waals surface area contributed by atoms with Gasteiger partial charge in [0.1, 0.15) is 5.82 Å². The van der Waals surface area contributed by atoms with E-state index in [-0.39, 0.29) is 0 Å². The Morgan fingerprint density at radius 1 is 1.04 bits per heavy atom. The second-order valence-electron chi connectivity index (χ2n) is 6.77. The molecule has 0 radical (unpaired) electrons. The molecule has 6 nitrogen and oxygen atoms in total. The van der Waals surface area contributed by atoms with Crippen molar-refractivity contribution in [2.45, 2.75) is 25.9 Å². The van der Waals surface area contributed by atoms with Crippen molar-refractivity contribution in [3.8, 4) is 11.4 Å². The van der Waals surface area contributed by atoms with Crippen LogP contribution < -0.4 is 4.90 Å². The Balaban J connectivity index is 1.39. The second kappa shape index (κ2) is 7.66. The number of rotatable bonds is 6. The average molecular weight is 349 g/mol. The van der Waals surface area contributed by atoms with Gasteiger partial charge in [0.05, 0.1) is 6.54 Å². The van der Waals surface area contributed by atoms with Crippen LogP contribution in [0.2, 0.25) is 0 Å². The summed E-state index contributed by atoms with van der Waals surface area (Å²) in [6, 6.07) is 14.4. The van der Waals surface area contributed by atoms with Crippen molar-refractivity contribution in [3.63, 3.8) is 0 Å². The molecule has 0 saturated carbocycles. The molecule has 6 heteroatoms. The summed E-state index contributed by atoms with van der Waals surface area (Å²) in [5.74, 6) is 2.23. The highest BCUT2D eigenvalue weighted by molar-refractivity contribution is 5.56. The third-order valence-electron chi connectivity index (χ3n) is 4.60. The van der Waals surface area contributed by atoms with Crippen molar-refractivity contribution in [1.29, 1.82) is 0 Å². The monoisotopic (exact) mass is 349 g/mol. The smallest absolute Gasteiger partial charge is 0.241 e. The van der Waals surface area contributed by atoms with E-state index in [1.54, 1.807) is 0 Å². The van der Waals surface area contributed by atoms with Crippen LogP contribution in [0.1, 0.15) is 24.3 Å². The first-order chi connectivity index (χ1) is 12.8. The van der Waals surface area contributed by atoms with Gasteiger partial charge in [-0.1, -0.05) is 35.5 Å². The van der Waals surface area contributed by atoms with E-state index in [1.807, 2.05) is 43.6 Å². The Kier molecular flexibility index (Phi) is 4.93. The van der Waals surface area contributed by atoms with Gasteiger partial charge in [0, 0.05) is 31.4 Å².